The molecule has 2 fully saturated rings. The number of allylic oxidation sites excluding steroid dienone is 1. The van der Waals surface area contributed by atoms with Crippen molar-refractivity contribution in [3.05, 3.63) is 156 Å². The zero-order chi connectivity index (χ0) is 28.4. The van der Waals surface area contributed by atoms with E-state index in [4.69, 9.17) is 4.98 Å². The number of rotatable bonds is 6. The fourth-order valence-corrected chi connectivity index (χ4v) is 8.27. The molecule has 0 bridgehead atoms. The minimum Gasteiger partial charge on any atom is -0.318 e. The summed E-state index contributed by atoms with van der Waals surface area (Å²) < 4.78 is 2.25. The number of hydrogen-bond donors (Lipinski definition) is 0. The van der Waals surface area contributed by atoms with Gasteiger partial charge in [0.2, 0.25) is 0 Å². The Morgan fingerprint density at radius 2 is 1.26 bits per heavy atom. The summed E-state index contributed by atoms with van der Waals surface area (Å²) in [4.78, 5) is 18.7. The van der Waals surface area contributed by atoms with Crippen molar-refractivity contribution in [2.24, 2.45) is 5.41 Å². The molecule has 1 saturated carbocycles. The molecule has 0 N–H and O–H groups in total. The van der Waals surface area contributed by atoms with Crippen molar-refractivity contribution in [3.63, 3.8) is 0 Å². The van der Waals surface area contributed by atoms with E-state index in [0.29, 0.717) is 5.78 Å². The van der Waals surface area contributed by atoms with Crippen LogP contribution in [0.3, 0.4) is 0 Å². The summed E-state index contributed by atoms with van der Waals surface area (Å²) >= 11 is 1.98. The third kappa shape index (κ3) is 4.55. The first-order valence-electron chi connectivity index (χ1n) is 14.8. The maximum absolute atomic E-state index is 13.6. The van der Waals surface area contributed by atoms with Crippen LogP contribution in [-0.2, 0) is 10.3 Å². The molecular weight excluding hydrogens is 532 g/mol. The van der Waals surface area contributed by atoms with Crippen LogP contribution in [-0.4, -0.2) is 26.8 Å². The Hall–Kier alpha value is -4.15. The molecule has 42 heavy (non-hydrogen) atoms. The van der Waals surface area contributed by atoms with Gasteiger partial charge in [0.25, 0.3) is 0 Å². The van der Waals surface area contributed by atoms with E-state index in [-0.39, 0.29) is 5.41 Å². The third-order valence-corrected chi connectivity index (χ3v) is 10.2. The highest BCUT2D eigenvalue weighted by molar-refractivity contribution is 7.99. The van der Waals surface area contributed by atoms with Crippen LogP contribution in [0, 0.1) is 5.41 Å². The number of Topliss-reactive ketones (excluding diaryl/α,β-unsaturated/α-hetero) is 1. The van der Waals surface area contributed by atoms with Crippen molar-refractivity contribution in [2.75, 3.05) is 11.5 Å². The zero-order valence-electron chi connectivity index (χ0n) is 23.7. The summed E-state index contributed by atoms with van der Waals surface area (Å²) in [6, 6.07) is 40.4. The topological polar surface area (TPSA) is 34.9 Å². The largest absolute Gasteiger partial charge is 0.318 e. The molecule has 4 heteroatoms. The van der Waals surface area contributed by atoms with E-state index in [9.17, 15) is 4.79 Å². The number of thioether (sulfide) groups is 1. The van der Waals surface area contributed by atoms with E-state index in [0.717, 1.165) is 76.3 Å². The minimum atomic E-state index is -0.616. The third-order valence-electron chi connectivity index (χ3n) is 9.21. The number of benzene rings is 4. The van der Waals surface area contributed by atoms with Gasteiger partial charge < -0.3 is 4.57 Å². The maximum Gasteiger partial charge on any atom is 0.165 e. The fourth-order valence-electron chi connectivity index (χ4n) is 6.99. The first kappa shape index (κ1) is 26.7. The number of imidazole rings is 1. The van der Waals surface area contributed by atoms with Crippen molar-refractivity contribution in [1.29, 1.82) is 0 Å². The lowest BCUT2D eigenvalue weighted by atomic mass is 9.77. The van der Waals surface area contributed by atoms with Gasteiger partial charge in [-0.15, -0.1) is 0 Å². The van der Waals surface area contributed by atoms with Gasteiger partial charge in [-0.1, -0.05) is 115 Å². The number of ketones is 1. The predicted molar refractivity (Wildman–Crippen MR) is 173 cm³/mol. The summed E-state index contributed by atoms with van der Waals surface area (Å²) in [5, 5.41) is 0. The molecule has 1 spiro atoms. The molecule has 1 aromatic heterocycles. The molecule has 0 amide bonds. The molecule has 4 aromatic carbocycles. The van der Waals surface area contributed by atoms with Crippen LogP contribution in [0.25, 0.3) is 17.3 Å². The first-order chi connectivity index (χ1) is 20.7. The molecule has 5 aromatic rings. The summed E-state index contributed by atoms with van der Waals surface area (Å²) in [5.74, 6) is 2.57. The Morgan fingerprint density at radius 1 is 0.714 bits per heavy atom. The van der Waals surface area contributed by atoms with Gasteiger partial charge >= 0.3 is 0 Å². The fraction of sp³-hybridized carbons (Fsp3) is 0.211. The second-order valence-electron chi connectivity index (χ2n) is 11.5. The minimum absolute atomic E-state index is 0.131. The number of aromatic nitrogens is 2. The molecule has 0 unspecified atom stereocenters. The molecule has 1 aliphatic heterocycles. The van der Waals surface area contributed by atoms with Crippen LogP contribution in [0.15, 0.2) is 133 Å². The van der Waals surface area contributed by atoms with Gasteiger partial charge in [-0.2, -0.15) is 11.8 Å². The summed E-state index contributed by atoms with van der Waals surface area (Å²) in [6.07, 6.45) is 10.2. The molecule has 1 saturated heterocycles. The Kier molecular flexibility index (Phi) is 7.17. The number of nitrogens with zero attached hydrogens (tertiary/aromatic N) is 2. The summed E-state index contributed by atoms with van der Waals surface area (Å²) in [7, 11) is 0. The van der Waals surface area contributed by atoms with Gasteiger partial charge in [0.05, 0.1) is 12.0 Å². The molecule has 208 valence electrons. The second kappa shape index (κ2) is 11.3. The van der Waals surface area contributed by atoms with Gasteiger partial charge in [-0.25, -0.2) is 4.98 Å². The highest BCUT2D eigenvalue weighted by atomic mass is 32.2. The van der Waals surface area contributed by atoms with Crippen molar-refractivity contribution in [3.8, 4) is 11.3 Å². The number of carbonyl (C=O) groups excluding carboxylic acids is 1. The quantitative estimate of drug-likeness (QED) is 0.152. The lowest BCUT2D eigenvalue weighted by molar-refractivity contribution is -0.123. The van der Waals surface area contributed by atoms with Crippen molar-refractivity contribution in [2.45, 2.75) is 31.2 Å². The summed E-state index contributed by atoms with van der Waals surface area (Å²) in [6.45, 7) is 0. The zero-order valence-corrected chi connectivity index (χ0v) is 24.5. The van der Waals surface area contributed by atoms with E-state index >= 15 is 0 Å². The molecule has 0 radical (unpaired) electrons. The van der Waals surface area contributed by atoms with Gasteiger partial charge in [-0.3, -0.25) is 4.79 Å². The van der Waals surface area contributed by atoms with E-state index in [1.54, 1.807) is 0 Å². The number of carbonyl (C=O) groups is 1. The molecule has 1 aliphatic carbocycles. The summed E-state index contributed by atoms with van der Waals surface area (Å²) in [5.41, 5.74) is 6.70. The maximum atomic E-state index is 13.6. The molecule has 2 heterocycles. The first-order valence-corrected chi connectivity index (χ1v) is 16.0. The molecular formula is C38H34N2OS. The average Bonchev–Trinajstić information content (AvgIpc) is 3.66. The SMILES string of the molecule is O=C1/C(=C/c2ccccc2-c2cn(C(c3ccccc3)(c3ccccc3)c3ccccc3)cn2)CCC12CCSCC2. The highest BCUT2D eigenvalue weighted by Crippen LogP contribution is 2.48. The smallest absolute Gasteiger partial charge is 0.165 e. The Balaban J connectivity index is 1.36. The van der Waals surface area contributed by atoms with Crippen LogP contribution in [0.5, 0.6) is 0 Å². The van der Waals surface area contributed by atoms with E-state index in [1.807, 2.05) is 18.1 Å². The molecule has 3 nitrogen and oxygen atoms in total. The Morgan fingerprint density at radius 3 is 1.86 bits per heavy atom. The van der Waals surface area contributed by atoms with Crippen LogP contribution in [0.1, 0.15) is 47.9 Å². The van der Waals surface area contributed by atoms with E-state index in [1.165, 1.54) is 0 Å². The van der Waals surface area contributed by atoms with Crippen LogP contribution >= 0.6 is 11.8 Å². The van der Waals surface area contributed by atoms with Gasteiger partial charge in [-0.05, 0) is 71.1 Å². The van der Waals surface area contributed by atoms with Crippen molar-refractivity contribution >= 4 is 23.6 Å². The highest BCUT2D eigenvalue weighted by Gasteiger charge is 2.45. The lowest BCUT2D eigenvalue weighted by Gasteiger charge is -2.37. The van der Waals surface area contributed by atoms with Gasteiger partial charge in [0.15, 0.2) is 5.78 Å². The Labute approximate surface area is 252 Å². The second-order valence-corrected chi connectivity index (χ2v) is 12.7. The van der Waals surface area contributed by atoms with Crippen LogP contribution in [0.4, 0.5) is 0 Å². The van der Waals surface area contributed by atoms with Crippen LogP contribution in [0.2, 0.25) is 0 Å². The molecule has 7 rings (SSSR count). The standard InChI is InChI=1S/C38H34N2OS/c41-36-30(20-21-37(36)22-24-42-25-23-37)26-29-12-10-11-19-34(29)35-27-40(28-39-35)38(31-13-4-1-5-14-31,32-15-6-2-7-16-32)33-17-8-3-9-18-33/h1-19,26-28H,20-25H2/b30-26+. The molecule has 0 atom stereocenters. The van der Waals surface area contributed by atoms with Crippen molar-refractivity contribution < 1.29 is 4.79 Å². The van der Waals surface area contributed by atoms with Gasteiger partial charge in [0.1, 0.15) is 5.54 Å². The predicted octanol–water partition coefficient (Wildman–Crippen LogP) is 8.65. The van der Waals surface area contributed by atoms with Crippen LogP contribution < -0.4 is 0 Å². The van der Waals surface area contributed by atoms with E-state index < -0.39 is 5.54 Å². The Bertz CT molecular complexity index is 1620. The monoisotopic (exact) mass is 566 g/mol. The van der Waals surface area contributed by atoms with Gasteiger partial charge in [0, 0.05) is 17.2 Å². The lowest BCUT2D eigenvalue weighted by Crippen LogP contribution is -2.36. The average molecular weight is 567 g/mol. The van der Waals surface area contributed by atoms with E-state index in [2.05, 4.69) is 132 Å². The van der Waals surface area contributed by atoms with Crippen molar-refractivity contribution in [1.82, 2.24) is 9.55 Å². The number of hydrogen-bond acceptors (Lipinski definition) is 3. The molecule has 2 aliphatic rings. The normalized spacial score (nSPS) is 17.6.